The van der Waals surface area contributed by atoms with E-state index in [1.807, 2.05) is 11.8 Å². The molecule has 0 spiro atoms. The zero-order valence-electron chi connectivity index (χ0n) is 12.3. The van der Waals surface area contributed by atoms with Crippen LogP contribution in [0.3, 0.4) is 0 Å². The van der Waals surface area contributed by atoms with Crippen LogP contribution in [-0.2, 0) is 9.47 Å². The molecule has 0 bridgehead atoms. The molecule has 1 amide bonds. The summed E-state index contributed by atoms with van der Waals surface area (Å²) in [6.45, 7) is 5.30. The Morgan fingerprint density at radius 1 is 1.43 bits per heavy atom. The van der Waals surface area contributed by atoms with E-state index in [0.717, 1.165) is 12.8 Å². The normalized spacial score (nSPS) is 16.2. The van der Waals surface area contributed by atoms with Crippen molar-refractivity contribution in [3.63, 3.8) is 0 Å². The number of hydrogen-bond donors (Lipinski definition) is 0. The monoisotopic (exact) mass is 312 g/mol. The summed E-state index contributed by atoms with van der Waals surface area (Å²) in [6.07, 6.45) is 4.99. The highest BCUT2D eigenvalue weighted by Gasteiger charge is 2.25. The quantitative estimate of drug-likeness (QED) is 0.757. The molecule has 0 unspecified atom stereocenters. The standard InChI is InChI=1S/C15H21ClN2O3/c1-2-20-9-10-21-12-4-7-18(8-5-12)15(19)13-3-6-17-11-14(13)16/h3,6,11-12H,2,4-5,7-10H2,1H3. The van der Waals surface area contributed by atoms with Crippen molar-refractivity contribution in [2.24, 2.45) is 0 Å². The van der Waals surface area contributed by atoms with E-state index in [9.17, 15) is 4.79 Å². The first-order valence-electron chi connectivity index (χ1n) is 7.30. The van der Waals surface area contributed by atoms with Crippen molar-refractivity contribution < 1.29 is 14.3 Å². The average molecular weight is 313 g/mol. The molecule has 2 heterocycles. The number of halogens is 1. The fourth-order valence-electron chi connectivity index (χ4n) is 2.36. The Kier molecular flexibility index (Phi) is 6.42. The third-order valence-electron chi connectivity index (χ3n) is 3.52. The third-order valence-corrected chi connectivity index (χ3v) is 3.82. The van der Waals surface area contributed by atoms with Crippen LogP contribution in [0.2, 0.25) is 5.02 Å². The molecule has 2 rings (SSSR count). The van der Waals surface area contributed by atoms with Gasteiger partial charge in [-0.3, -0.25) is 9.78 Å². The number of carbonyl (C=O) groups is 1. The smallest absolute Gasteiger partial charge is 0.255 e. The van der Waals surface area contributed by atoms with Crippen LogP contribution in [0.5, 0.6) is 0 Å². The lowest BCUT2D eigenvalue weighted by atomic mass is 10.1. The maximum atomic E-state index is 12.4. The molecule has 0 saturated carbocycles. The van der Waals surface area contributed by atoms with Crippen LogP contribution < -0.4 is 0 Å². The number of amides is 1. The average Bonchev–Trinajstić information content (AvgIpc) is 2.52. The number of hydrogen-bond acceptors (Lipinski definition) is 4. The molecule has 0 aromatic carbocycles. The van der Waals surface area contributed by atoms with E-state index in [-0.39, 0.29) is 12.0 Å². The van der Waals surface area contributed by atoms with Gasteiger partial charge >= 0.3 is 0 Å². The summed E-state index contributed by atoms with van der Waals surface area (Å²) in [5, 5.41) is 0.401. The topological polar surface area (TPSA) is 51.7 Å². The lowest BCUT2D eigenvalue weighted by molar-refractivity contribution is -0.0182. The lowest BCUT2D eigenvalue weighted by Gasteiger charge is -2.32. The van der Waals surface area contributed by atoms with Gasteiger partial charge in [0, 0.05) is 32.1 Å². The van der Waals surface area contributed by atoms with Crippen LogP contribution in [-0.4, -0.2) is 54.8 Å². The molecule has 0 aliphatic carbocycles. The van der Waals surface area contributed by atoms with E-state index < -0.39 is 0 Å². The SMILES string of the molecule is CCOCCOC1CCN(C(=O)c2ccncc2Cl)CC1. The number of ether oxygens (including phenoxy) is 2. The van der Waals surface area contributed by atoms with Crippen LogP contribution in [0.25, 0.3) is 0 Å². The summed E-state index contributed by atoms with van der Waals surface area (Å²) in [4.78, 5) is 18.1. The highest BCUT2D eigenvalue weighted by atomic mass is 35.5. The molecule has 1 aromatic rings. The van der Waals surface area contributed by atoms with Crippen molar-refractivity contribution in [3.05, 3.63) is 29.0 Å². The van der Waals surface area contributed by atoms with E-state index in [1.54, 1.807) is 12.3 Å². The van der Waals surface area contributed by atoms with Gasteiger partial charge in [-0.2, -0.15) is 0 Å². The molecule has 1 aromatic heterocycles. The van der Waals surface area contributed by atoms with Gasteiger partial charge in [0.1, 0.15) is 0 Å². The van der Waals surface area contributed by atoms with Gasteiger partial charge in [0.25, 0.3) is 5.91 Å². The lowest BCUT2D eigenvalue weighted by Crippen LogP contribution is -2.41. The molecular weight excluding hydrogens is 292 g/mol. The van der Waals surface area contributed by atoms with Crippen LogP contribution in [0.1, 0.15) is 30.1 Å². The maximum Gasteiger partial charge on any atom is 0.255 e. The van der Waals surface area contributed by atoms with E-state index in [2.05, 4.69) is 4.98 Å². The highest BCUT2D eigenvalue weighted by Crippen LogP contribution is 2.20. The third kappa shape index (κ3) is 4.66. The molecule has 5 nitrogen and oxygen atoms in total. The number of nitrogens with zero attached hydrogens (tertiary/aromatic N) is 2. The Labute approximate surface area is 130 Å². The molecule has 0 radical (unpaired) electrons. The van der Waals surface area contributed by atoms with Gasteiger partial charge in [-0.25, -0.2) is 0 Å². The Bertz CT molecular complexity index is 462. The fraction of sp³-hybridized carbons (Fsp3) is 0.600. The van der Waals surface area contributed by atoms with Crippen molar-refractivity contribution in [2.45, 2.75) is 25.9 Å². The molecule has 21 heavy (non-hydrogen) atoms. The largest absolute Gasteiger partial charge is 0.379 e. The molecule has 1 fully saturated rings. The molecule has 0 atom stereocenters. The first kappa shape index (κ1) is 16.2. The molecule has 1 aliphatic rings. The van der Waals surface area contributed by atoms with Gasteiger partial charge in [-0.1, -0.05) is 11.6 Å². The van der Waals surface area contributed by atoms with Crippen LogP contribution in [0.15, 0.2) is 18.5 Å². The van der Waals surface area contributed by atoms with Crippen LogP contribution in [0, 0.1) is 0 Å². The Balaban J connectivity index is 1.78. The Morgan fingerprint density at radius 2 is 2.19 bits per heavy atom. The second kappa shape index (κ2) is 8.32. The van der Waals surface area contributed by atoms with Crippen molar-refractivity contribution in [3.8, 4) is 0 Å². The minimum Gasteiger partial charge on any atom is -0.379 e. The first-order chi connectivity index (χ1) is 10.2. The maximum absolute atomic E-state index is 12.4. The van der Waals surface area contributed by atoms with Gasteiger partial charge in [-0.05, 0) is 25.8 Å². The van der Waals surface area contributed by atoms with E-state index in [4.69, 9.17) is 21.1 Å². The van der Waals surface area contributed by atoms with Crippen molar-refractivity contribution >= 4 is 17.5 Å². The molecular formula is C15H21ClN2O3. The number of rotatable bonds is 6. The number of pyridine rings is 1. The molecule has 1 saturated heterocycles. The van der Waals surface area contributed by atoms with E-state index >= 15 is 0 Å². The summed E-state index contributed by atoms with van der Waals surface area (Å²) in [6, 6.07) is 1.66. The number of aromatic nitrogens is 1. The van der Waals surface area contributed by atoms with Crippen molar-refractivity contribution in [1.82, 2.24) is 9.88 Å². The first-order valence-corrected chi connectivity index (χ1v) is 7.68. The summed E-state index contributed by atoms with van der Waals surface area (Å²) in [7, 11) is 0. The Hall–Kier alpha value is -1.17. The fourth-order valence-corrected chi connectivity index (χ4v) is 2.56. The molecule has 6 heteroatoms. The minimum absolute atomic E-state index is 0.0323. The number of likely N-dealkylation sites (tertiary alicyclic amines) is 1. The van der Waals surface area contributed by atoms with E-state index in [1.165, 1.54) is 6.20 Å². The van der Waals surface area contributed by atoms with Crippen LogP contribution in [0.4, 0.5) is 0 Å². The van der Waals surface area contributed by atoms with E-state index in [0.29, 0.717) is 43.5 Å². The summed E-state index contributed by atoms with van der Waals surface area (Å²) >= 11 is 6.02. The number of carbonyl (C=O) groups excluding carboxylic acids is 1. The number of piperidine rings is 1. The molecule has 0 N–H and O–H groups in total. The molecule has 116 valence electrons. The summed E-state index contributed by atoms with van der Waals surface area (Å²) < 4.78 is 11.0. The molecule has 1 aliphatic heterocycles. The minimum atomic E-state index is -0.0323. The summed E-state index contributed by atoms with van der Waals surface area (Å²) in [5.74, 6) is -0.0323. The van der Waals surface area contributed by atoms with Gasteiger partial charge in [0.2, 0.25) is 0 Å². The van der Waals surface area contributed by atoms with Crippen LogP contribution >= 0.6 is 11.6 Å². The zero-order chi connectivity index (χ0) is 15.1. The van der Waals surface area contributed by atoms with Crippen molar-refractivity contribution in [1.29, 1.82) is 0 Å². The second-order valence-corrected chi connectivity index (χ2v) is 5.32. The van der Waals surface area contributed by atoms with Gasteiger partial charge in [0.05, 0.1) is 29.9 Å². The predicted molar refractivity (Wildman–Crippen MR) is 80.6 cm³/mol. The van der Waals surface area contributed by atoms with Gasteiger partial charge in [0.15, 0.2) is 0 Å². The van der Waals surface area contributed by atoms with Gasteiger partial charge < -0.3 is 14.4 Å². The zero-order valence-corrected chi connectivity index (χ0v) is 13.0. The highest BCUT2D eigenvalue weighted by molar-refractivity contribution is 6.33. The second-order valence-electron chi connectivity index (χ2n) is 4.91. The van der Waals surface area contributed by atoms with Crippen molar-refractivity contribution in [2.75, 3.05) is 32.9 Å². The Morgan fingerprint density at radius 3 is 2.86 bits per heavy atom. The van der Waals surface area contributed by atoms with Gasteiger partial charge in [-0.15, -0.1) is 0 Å². The predicted octanol–water partition coefficient (Wildman–Crippen LogP) is 2.39. The summed E-state index contributed by atoms with van der Waals surface area (Å²) in [5.41, 5.74) is 0.516.